The fourth-order valence-electron chi connectivity index (χ4n) is 2.68. The van der Waals surface area contributed by atoms with Crippen LogP contribution < -0.4 is 10.5 Å². The van der Waals surface area contributed by atoms with E-state index in [-0.39, 0.29) is 11.7 Å². The molecule has 0 radical (unpaired) electrons. The van der Waals surface area contributed by atoms with Crippen molar-refractivity contribution in [3.63, 3.8) is 0 Å². The molecule has 0 aromatic rings. The van der Waals surface area contributed by atoms with Gasteiger partial charge in [-0.25, -0.2) is 13.6 Å². The van der Waals surface area contributed by atoms with E-state index in [1.54, 1.807) is 0 Å². The van der Waals surface area contributed by atoms with Gasteiger partial charge in [0.2, 0.25) is 10.0 Å². The third-order valence-corrected chi connectivity index (χ3v) is 4.30. The van der Waals surface area contributed by atoms with Gasteiger partial charge in [0.05, 0.1) is 5.75 Å². The molecule has 3 unspecified atom stereocenters. The molecule has 2 rings (SSSR count). The Morgan fingerprint density at radius 2 is 2.20 bits per heavy atom. The average Bonchev–Trinajstić information content (AvgIpc) is 2.68. The topological polar surface area (TPSA) is 81.4 Å². The number of rotatable bonds is 3. The predicted octanol–water partition coefficient (Wildman–Crippen LogP) is -0.853. The fraction of sp³-hybridized carbons (Fsp3) is 1.00. The van der Waals surface area contributed by atoms with Crippen molar-refractivity contribution in [2.24, 2.45) is 22.9 Å². The molecule has 3 N–H and O–H groups in total. The van der Waals surface area contributed by atoms with Crippen LogP contribution in [0.25, 0.3) is 0 Å². The Hall–Kier alpha value is -0.170. The van der Waals surface area contributed by atoms with E-state index in [0.29, 0.717) is 11.8 Å². The van der Waals surface area contributed by atoms with E-state index in [4.69, 9.17) is 9.88 Å². The summed E-state index contributed by atoms with van der Waals surface area (Å²) >= 11 is 0. The minimum atomic E-state index is -3.35. The van der Waals surface area contributed by atoms with Crippen molar-refractivity contribution in [1.29, 1.82) is 0 Å². The molecule has 2 fully saturated rings. The molecule has 0 aliphatic carbocycles. The Balaban J connectivity index is 1.98. The van der Waals surface area contributed by atoms with Crippen LogP contribution in [0, 0.1) is 17.8 Å². The Labute approximate surface area is 90.4 Å². The Morgan fingerprint density at radius 3 is 2.80 bits per heavy atom. The molecule has 2 heterocycles. The summed E-state index contributed by atoms with van der Waals surface area (Å²) in [6.07, 6.45) is 1.05. The van der Waals surface area contributed by atoms with E-state index in [1.165, 1.54) is 0 Å². The zero-order valence-electron chi connectivity index (χ0n) is 8.69. The molecule has 15 heavy (non-hydrogen) atoms. The lowest BCUT2D eigenvalue weighted by molar-refractivity contribution is 0.167. The Bertz CT molecular complexity index is 311. The number of primary sulfonamides is 1. The quantitative estimate of drug-likeness (QED) is 0.666. The first-order chi connectivity index (χ1) is 7.06. The third kappa shape index (κ3) is 2.90. The van der Waals surface area contributed by atoms with Gasteiger partial charge in [0.15, 0.2) is 0 Å². The van der Waals surface area contributed by atoms with E-state index in [1.807, 2.05) is 0 Å². The second kappa shape index (κ2) is 4.37. The molecule has 0 spiro atoms. The summed E-state index contributed by atoms with van der Waals surface area (Å²) in [5.41, 5.74) is 0. The van der Waals surface area contributed by atoms with Crippen LogP contribution in [0.2, 0.25) is 0 Å². The van der Waals surface area contributed by atoms with Crippen molar-refractivity contribution in [1.82, 2.24) is 5.32 Å². The van der Waals surface area contributed by atoms with Crippen molar-refractivity contribution in [2.45, 2.75) is 6.42 Å². The van der Waals surface area contributed by atoms with Gasteiger partial charge in [-0.05, 0) is 37.3 Å². The van der Waals surface area contributed by atoms with Gasteiger partial charge in [-0.15, -0.1) is 0 Å². The summed E-state index contributed by atoms with van der Waals surface area (Å²) in [5, 5.41) is 8.34. The highest BCUT2D eigenvalue weighted by Gasteiger charge is 2.37. The molecule has 2 aliphatic heterocycles. The van der Waals surface area contributed by atoms with Crippen molar-refractivity contribution in [3.05, 3.63) is 0 Å². The lowest BCUT2D eigenvalue weighted by Gasteiger charge is -2.22. The number of sulfonamides is 1. The van der Waals surface area contributed by atoms with E-state index >= 15 is 0 Å². The van der Waals surface area contributed by atoms with E-state index in [0.717, 1.165) is 32.7 Å². The van der Waals surface area contributed by atoms with Gasteiger partial charge < -0.3 is 10.1 Å². The number of nitrogens with one attached hydrogen (secondary N) is 1. The molecule has 0 amide bonds. The molecule has 0 aromatic carbocycles. The molecule has 6 heteroatoms. The molecule has 88 valence electrons. The maximum Gasteiger partial charge on any atom is 0.209 e. The molecule has 5 nitrogen and oxygen atoms in total. The van der Waals surface area contributed by atoms with E-state index in [2.05, 4.69) is 5.32 Å². The molecular weight excluding hydrogens is 216 g/mol. The molecule has 0 aromatic heterocycles. The predicted molar refractivity (Wildman–Crippen MR) is 56.7 cm³/mol. The van der Waals surface area contributed by atoms with Crippen LogP contribution in [0.5, 0.6) is 0 Å². The second-order valence-electron chi connectivity index (χ2n) is 4.54. The fourth-order valence-corrected chi connectivity index (χ4v) is 3.64. The van der Waals surface area contributed by atoms with Gasteiger partial charge in [-0.2, -0.15) is 0 Å². The van der Waals surface area contributed by atoms with Crippen molar-refractivity contribution < 1.29 is 13.2 Å². The first-order valence-corrected chi connectivity index (χ1v) is 7.07. The number of ether oxygens (including phenoxy) is 1. The first-order valence-electron chi connectivity index (χ1n) is 5.35. The molecule has 0 bridgehead atoms. The number of hydrogen-bond acceptors (Lipinski definition) is 4. The molecule has 3 atom stereocenters. The lowest BCUT2D eigenvalue weighted by Crippen LogP contribution is -2.31. The van der Waals surface area contributed by atoms with Gasteiger partial charge in [0, 0.05) is 13.2 Å². The third-order valence-electron chi connectivity index (χ3n) is 3.41. The van der Waals surface area contributed by atoms with Crippen LogP contribution >= 0.6 is 0 Å². The van der Waals surface area contributed by atoms with Crippen LogP contribution in [0.1, 0.15) is 6.42 Å². The second-order valence-corrected chi connectivity index (χ2v) is 6.19. The van der Waals surface area contributed by atoms with Crippen molar-refractivity contribution >= 4 is 10.0 Å². The summed E-state index contributed by atoms with van der Waals surface area (Å²) in [6.45, 7) is 3.24. The van der Waals surface area contributed by atoms with E-state index < -0.39 is 10.0 Å². The normalized spacial score (nSPS) is 37.3. The van der Waals surface area contributed by atoms with Gasteiger partial charge >= 0.3 is 0 Å². The van der Waals surface area contributed by atoms with Crippen molar-refractivity contribution in [3.8, 4) is 0 Å². The Morgan fingerprint density at radius 1 is 1.40 bits per heavy atom. The van der Waals surface area contributed by atoms with Crippen LogP contribution in [0.4, 0.5) is 0 Å². The van der Waals surface area contributed by atoms with Gasteiger partial charge in [-0.3, -0.25) is 0 Å². The van der Waals surface area contributed by atoms with Crippen LogP contribution in [0.15, 0.2) is 0 Å². The highest BCUT2D eigenvalue weighted by molar-refractivity contribution is 7.89. The molecule has 2 aliphatic rings. The zero-order valence-corrected chi connectivity index (χ0v) is 9.50. The minimum Gasteiger partial charge on any atom is -0.381 e. The number of nitrogens with two attached hydrogens (primary N) is 1. The minimum absolute atomic E-state index is 0.0984. The van der Waals surface area contributed by atoms with Crippen molar-refractivity contribution in [2.75, 3.05) is 32.1 Å². The summed E-state index contributed by atoms with van der Waals surface area (Å²) in [5.74, 6) is 1.17. The summed E-state index contributed by atoms with van der Waals surface area (Å²) in [7, 11) is -3.35. The first kappa shape index (κ1) is 11.3. The van der Waals surface area contributed by atoms with Gasteiger partial charge in [-0.1, -0.05) is 0 Å². The molecule has 2 saturated heterocycles. The molecule has 0 saturated carbocycles. The maximum absolute atomic E-state index is 11.1. The summed E-state index contributed by atoms with van der Waals surface area (Å²) < 4.78 is 27.5. The lowest BCUT2D eigenvalue weighted by atomic mass is 9.84. The van der Waals surface area contributed by atoms with E-state index in [9.17, 15) is 8.42 Å². The summed E-state index contributed by atoms with van der Waals surface area (Å²) in [6, 6.07) is 0. The van der Waals surface area contributed by atoms with Gasteiger partial charge in [0.1, 0.15) is 0 Å². The molecular formula is C9H18N2O3S. The highest BCUT2D eigenvalue weighted by atomic mass is 32.2. The monoisotopic (exact) mass is 234 g/mol. The SMILES string of the molecule is NS(=O)(=O)CC1CNCC1C1CCOC1. The smallest absolute Gasteiger partial charge is 0.209 e. The summed E-state index contributed by atoms with van der Waals surface area (Å²) in [4.78, 5) is 0. The highest BCUT2D eigenvalue weighted by Crippen LogP contribution is 2.31. The Kier molecular flexibility index (Phi) is 3.30. The zero-order chi connectivity index (χ0) is 10.9. The standard InChI is InChI=1S/C9H18N2O3S/c10-15(12,13)6-8-3-11-4-9(8)7-1-2-14-5-7/h7-9,11H,1-6H2,(H2,10,12,13). The largest absolute Gasteiger partial charge is 0.381 e. The maximum atomic E-state index is 11.1. The average molecular weight is 234 g/mol. The van der Waals surface area contributed by atoms with Crippen LogP contribution in [-0.4, -0.2) is 40.5 Å². The van der Waals surface area contributed by atoms with Gasteiger partial charge in [0.25, 0.3) is 0 Å². The number of hydrogen-bond donors (Lipinski definition) is 2. The van der Waals surface area contributed by atoms with Crippen LogP contribution in [0.3, 0.4) is 0 Å². The van der Waals surface area contributed by atoms with Crippen LogP contribution in [-0.2, 0) is 14.8 Å².